The van der Waals surface area contributed by atoms with Gasteiger partial charge in [0.15, 0.2) is 0 Å². The topological polar surface area (TPSA) is 84.9 Å². The molecule has 1 atom stereocenters. The zero-order valence-corrected chi connectivity index (χ0v) is 17.7. The molecule has 1 amide bonds. The van der Waals surface area contributed by atoms with E-state index < -0.39 is 15.9 Å². The molecular weight excluding hydrogens is 404 g/mol. The van der Waals surface area contributed by atoms with Gasteiger partial charge in [0.2, 0.25) is 15.9 Å². The molecule has 152 valence electrons. The average molecular weight is 427 g/mol. The van der Waals surface area contributed by atoms with Crippen molar-refractivity contribution < 1.29 is 22.7 Å². The predicted octanol–water partition coefficient (Wildman–Crippen LogP) is 2.86. The van der Waals surface area contributed by atoms with Crippen molar-refractivity contribution in [1.29, 1.82) is 0 Å². The van der Waals surface area contributed by atoms with E-state index in [0.717, 1.165) is 9.87 Å². The van der Waals surface area contributed by atoms with E-state index in [1.165, 1.54) is 32.4 Å². The highest BCUT2D eigenvalue weighted by Gasteiger charge is 2.25. The summed E-state index contributed by atoms with van der Waals surface area (Å²) in [6, 6.07) is 11.1. The van der Waals surface area contributed by atoms with Gasteiger partial charge in [0.1, 0.15) is 11.5 Å². The Morgan fingerprint density at radius 2 is 1.79 bits per heavy atom. The molecule has 2 aromatic rings. The summed E-state index contributed by atoms with van der Waals surface area (Å²) < 4.78 is 36.7. The van der Waals surface area contributed by atoms with Crippen LogP contribution in [0.3, 0.4) is 0 Å². The summed E-state index contributed by atoms with van der Waals surface area (Å²) in [5, 5.41) is 2.96. The lowest BCUT2D eigenvalue weighted by atomic mass is 10.1. The van der Waals surface area contributed by atoms with Gasteiger partial charge in [0, 0.05) is 12.6 Å². The number of carbonyl (C=O) groups excluding carboxylic acids is 1. The largest absolute Gasteiger partial charge is 0.496 e. The fourth-order valence-electron chi connectivity index (χ4n) is 2.66. The van der Waals surface area contributed by atoms with Crippen molar-refractivity contribution in [3.8, 4) is 11.5 Å². The SMILES string of the molecule is COc1ccc(S(=O)(=O)N(C)CC(=O)N[C@H](C)c2ccccc2OC)cc1Cl. The van der Waals surface area contributed by atoms with E-state index >= 15 is 0 Å². The number of amides is 1. The fourth-order valence-corrected chi connectivity index (χ4v) is 4.14. The smallest absolute Gasteiger partial charge is 0.243 e. The van der Waals surface area contributed by atoms with Crippen LogP contribution in [0.2, 0.25) is 5.02 Å². The molecule has 0 aliphatic carbocycles. The van der Waals surface area contributed by atoms with Gasteiger partial charge in [-0.1, -0.05) is 29.8 Å². The quantitative estimate of drug-likeness (QED) is 0.701. The minimum absolute atomic E-state index is 0.0219. The number of benzene rings is 2. The molecule has 2 rings (SSSR count). The zero-order valence-electron chi connectivity index (χ0n) is 16.1. The summed E-state index contributed by atoms with van der Waals surface area (Å²) in [6.45, 7) is 1.46. The Morgan fingerprint density at radius 3 is 2.39 bits per heavy atom. The van der Waals surface area contributed by atoms with Gasteiger partial charge in [-0.2, -0.15) is 4.31 Å². The first-order valence-electron chi connectivity index (χ1n) is 8.42. The number of nitrogens with one attached hydrogen (secondary N) is 1. The second kappa shape index (κ2) is 9.27. The Hall–Kier alpha value is -2.29. The number of likely N-dealkylation sites (N-methyl/N-ethyl adjacent to an activating group) is 1. The number of hydrogen-bond donors (Lipinski definition) is 1. The lowest BCUT2D eigenvalue weighted by Gasteiger charge is -2.20. The molecular formula is C19H23ClN2O5S. The maximum Gasteiger partial charge on any atom is 0.243 e. The van der Waals surface area contributed by atoms with Crippen molar-refractivity contribution in [3.63, 3.8) is 0 Å². The van der Waals surface area contributed by atoms with E-state index in [0.29, 0.717) is 11.5 Å². The standard InChI is InChI=1S/C19H23ClN2O5S/c1-13(15-7-5-6-8-17(15)26-3)21-19(23)12-22(2)28(24,25)14-9-10-18(27-4)16(20)11-14/h5-11,13H,12H2,1-4H3,(H,21,23)/t13-/m1/s1. The van der Waals surface area contributed by atoms with Crippen LogP contribution in [0, 0.1) is 0 Å². The number of methoxy groups -OCH3 is 2. The van der Waals surface area contributed by atoms with Gasteiger partial charge < -0.3 is 14.8 Å². The van der Waals surface area contributed by atoms with Gasteiger partial charge in [0.05, 0.1) is 36.7 Å². The molecule has 9 heteroatoms. The number of ether oxygens (including phenoxy) is 2. The van der Waals surface area contributed by atoms with E-state index in [-0.39, 0.29) is 22.5 Å². The number of rotatable bonds is 8. The summed E-state index contributed by atoms with van der Waals surface area (Å²) in [5.74, 6) is 0.569. The van der Waals surface area contributed by atoms with Crippen LogP contribution < -0.4 is 14.8 Å². The fraction of sp³-hybridized carbons (Fsp3) is 0.316. The second-order valence-corrected chi connectivity index (χ2v) is 8.54. The molecule has 0 unspecified atom stereocenters. The second-order valence-electron chi connectivity index (χ2n) is 6.09. The van der Waals surface area contributed by atoms with Crippen molar-refractivity contribution in [3.05, 3.63) is 53.1 Å². The number of para-hydroxylation sites is 1. The lowest BCUT2D eigenvalue weighted by Crippen LogP contribution is -2.39. The highest BCUT2D eigenvalue weighted by molar-refractivity contribution is 7.89. The highest BCUT2D eigenvalue weighted by atomic mass is 35.5. The van der Waals surface area contributed by atoms with Gasteiger partial charge in [-0.3, -0.25) is 4.79 Å². The van der Waals surface area contributed by atoms with Crippen LogP contribution in [0.1, 0.15) is 18.5 Å². The first-order chi connectivity index (χ1) is 13.2. The van der Waals surface area contributed by atoms with Crippen LogP contribution in [0.5, 0.6) is 11.5 Å². The first kappa shape index (κ1) is 22.0. The Bertz CT molecular complexity index is 949. The van der Waals surface area contributed by atoms with Crippen molar-refractivity contribution >= 4 is 27.5 Å². The van der Waals surface area contributed by atoms with Crippen molar-refractivity contribution in [2.45, 2.75) is 17.9 Å². The van der Waals surface area contributed by atoms with Crippen LogP contribution in [0.4, 0.5) is 0 Å². The summed E-state index contributed by atoms with van der Waals surface area (Å²) in [6.07, 6.45) is 0. The molecule has 2 aromatic carbocycles. The first-order valence-corrected chi connectivity index (χ1v) is 10.2. The normalized spacial score (nSPS) is 12.5. The van der Waals surface area contributed by atoms with Crippen LogP contribution >= 0.6 is 11.6 Å². The third-order valence-electron chi connectivity index (χ3n) is 4.18. The highest BCUT2D eigenvalue weighted by Crippen LogP contribution is 2.28. The number of sulfonamides is 1. The molecule has 0 fully saturated rings. The summed E-state index contributed by atoms with van der Waals surface area (Å²) >= 11 is 6.01. The van der Waals surface area contributed by atoms with E-state index in [1.807, 2.05) is 18.2 Å². The number of nitrogens with zero attached hydrogens (tertiary/aromatic N) is 1. The Morgan fingerprint density at radius 1 is 1.14 bits per heavy atom. The molecule has 7 nitrogen and oxygen atoms in total. The van der Waals surface area contributed by atoms with Crippen LogP contribution in [-0.2, 0) is 14.8 Å². The molecule has 0 heterocycles. The Kier molecular flexibility index (Phi) is 7.29. The third kappa shape index (κ3) is 4.95. The molecule has 0 spiro atoms. The maximum absolute atomic E-state index is 12.7. The maximum atomic E-state index is 12.7. The predicted molar refractivity (Wildman–Crippen MR) is 107 cm³/mol. The van der Waals surface area contributed by atoms with E-state index in [4.69, 9.17) is 21.1 Å². The Balaban J connectivity index is 2.09. The lowest BCUT2D eigenvalue weighted by molar-refractivity contribution is -0.121. The Labute approximate surface area is 170 Å². The van der Waals surface area contributed by atoms with Crippen molar-refractivity contribution in [2.75, 3.05) is 27.8 Å². The van der Waals surface area contributed by atoms with Crippen molar-refractivity contribution in [1.82, 2.24) is 9.62 Å². The minimum atomic E-state index is -3.89. The monoisotopic (exact) mass is 426 g/mol. The molecule has 0 aliphatic heterocycles. The number of hydrogen-bond acceptors (Lipinski definition) is 5. The van der Waals surface area contributed by atoms with Crippen LogP contribution in [0.25, 0.3) is 0 Å². The molecule has 0 saturated carbocycles. The van der Waals surface area contributed by atoms with Gasteiger partial charge >= 0.3 is 0 Å². The number of carbonyl (C=O) groups is 1. The van der Waals surface area contributed by atoms with Gasteiger partial charge in [-0.25, -0.2) is 8.42 Å². The third-order valence-corrected chi connectivity index (χ3v) is 6.28. The molecule has 0 bridgehead atoms. The number of halogens is 1. The molecule has 28 heavy (non-hydrogen) atoms. The average Bonchev–Trinajstić information content (AvgIpc) is 2.67. The molecule has 0 aliphatic rings. The summed E-state index contributed by atoms with van der Waals surface area (Å²) in [7, 11) is 0.436. The molecule has 1 N–H and O–H groups in total. The summed E-state index contributed by atoms with van der Waals surface area (Å²) in [5.41, 5.74) is 0.797. The van der Waals surface area contributed by atoms with Gasteiger partial charge in [-0.15, -0.1) is 0 Å². The van der Waals surface area contributed by atoms with Crippen LogP contribution in [0.15, 0.2) is 47.4 Å². The van der Waals surface area contributed by atoms with Crippen LogP contribution in [-0.4, -0.2) is 46.4 Å². The van der Waals surface area contributed by atoms with Gasteiger partial charge in [0.25, 0.3) is 0 Å². The van der Waals surface area contributed by atoms with Gasteiger partial charge in [-0.05, 0) is 31.2 Å². The zero-order chi connectivity index (χ0) is 20.9. The molecule has 0 aromatic heterocycles. The molecule has 0 radical (unpaired) electrons. The van der Waals surface area contributed by atoms with E-state index in [2.05, 4.69) is 5.32 Å². The minimum Gasteiger partial charge on any atom is -0.496 e. The molecule has 0 saturated heterocycles. The van der Waals surface area contributed by atoms with Crippen molar-refractivity contribution in [2.24, 2.45) is 0 Å². The van der Waals surface area contributed by atoms with E-state index in [9.17, 15) is 13.2 Å². The van der Waals surface area contributed by atoms with E-state index in [1.54, 1.807) is 20.1 Å². The summed E-state index contributed by atoms with van der Waals surface area (Å²) in [4.78, 5) is 12.4.